The van der Waals surface area contributed by atoms with E-state index in [0.29, 0.717) is 5.56 Å². The van der Waals surface area contributed by atoms with Crippen LogP contribution in [0.2, 0.25) is 0 Å². The summed E-state index contributed by atoms with van der Waals surface area (Å²) in [6.45, 7) is 1.97. The van der Waals surface area contributed by atoms with Gasteiger partial charge in [-0.2, -0.15) is 0 Å². The van der Waals surface area contributed by atoms with E-state index >= 15 is 0 Å². The van der Waals surface area contributed by atoms with Gasteiger partial charge >= 0.3 is 0 Å². The maximum Gasteiger partial charge on any atom is 0.254 e. The van der Waals surface area contributed by atoms with Gasteiger partial charge in [-0.15, -0.1) is 0 Å². The number of fused-ring (bicyclic) bond motifs is 2. The van der Waals surface area contributed by atoms with Crippen molar-refractivity contribution in [1.29, 1.82) is 0 Å². The SMILES string of the molecule is Cc1ccccc1NC(=O)[C@H]1c2ccccc2C(=O)N(C)[C@H]1c1cn(C)c2ccccc12. The van der Waals surface area contributed by atoms with Gasteiger partial charge in [0.25, 0.3) is 5.91 Å². The summed E-state index contributed by atoms with van der Waals surface area (Å²) in [4.78, 5) is 28.8. The smallest absolute Gasteiger partial charge is 0.254 e. The van der Waals surface area contributed by atoms with Crippen LogP contribution in [0.4, 0.5) is 5.69 Å². The van der Waals surface area contributed by atoms with Crippen molar-refractivity contribution in [2.75, 3.05) is 12.4 Å². The Morgan fingerprint density at radius 3 is 2.38 bits per heavy atom. The van der Waals surface area contributed by atoms with Gasteiger partial charge in [0.15, 0.2) is 0 Å². The monoisotopic (exact) mass is 423 g/mol. The lowest BCUT2D eigenvalue weighted by atomic mass is 9.79. The van der Waals surface area contributed by atoms with Crippen LogP contribution in [0.5, 0.6) is 0 Å². The van der Waals surface area contributed by atoms with Gasteiger partial charge in [-0.05, 0) is 36.2 Å². The highest BCUT2D eigenvalue weighted by Crippen LogP contribution is 2.44. The summed E-state index contributed by atoms with van der Waals surface area (Å²) >= 11 is 0. The first kappa shape index (κ1) is 20.1. The molecule has 160 valence electrons. The van der Waals surface area contributed by atoms with E-state index in [0.717, 1.165) is 33.3 Å². The van der Waals surface area contributed by atoms with Crippen LogP contribution in [0.3, 0.4) is 0 Å². The largest absolute Gasteiger partial charge is 0.350 e. The van der Waals surface area contributed by atoms with Crippen LogP contribution in [0.1, 0.15) is 39.0 Å². The molecule has 5 nitrogen and oxygen atoms in total. The number of aryl methyl sites for hydroxylation is 2. The number of hydrogen-bond acceptors (Lipinski definition) is 2. The third-order valence-corrected chi connectivity index (χ3v) is 6.51. The van der Waals surface area contributed by atoms with Crippen LogP contribution in [0.25, 0.3) is 10.9 Å². The molecule has 32 heavy (non-hydrogen) atoms. The van der Waals surface area contributed by atoms with Gasteiger partial charge in [0.1, 0.15) is 0 Å². The molecule has 4 aromatic rings. The van der Waals surface area contributed by atoms with Crippen LogP contribution < -0.4 is 5.32 Å². The zero-order valence-electron chi connectivity index (χ0n) is 18.4. The van der Waals surface area contributed by atoms with Crippen molar-refractivity contribution in [3.05, 3.63) is 101 Å². The molecule has 1 aromatic heterocycles. The lowest BCUT2D eigenvalue weighted by molar-refractivity contribution is -0.119. The number of nitrogens with zero attached hydrogens (tertiary/aromatic N) is 2. The maximum absolute atomic E-state index is 13.8. The second-order valence-corrected chi connectivity index (χ2v) is 8.44. The number of rotatable bonds is 3. The van der Waals surface area contributed by atoms with Gasteiger partial charge < -0.3 is 14.8 Å². The third kappa shape index (κ3) is 3.09. The molecule has 0 spiro atoms. The number of carbonyl (C=O) groups is 2. The van der Waals surface area contributed by atoms with Crippen molar-refractivity contribution < 1.29 is 9.59 Å². The number of benzene rings is 3. The molecule has 0 unspecified atom stereocenters. The Morgan fingerprint density at radius 1 is 0.875 bits per heavy atom. The molecule has 0 saturated heterocycles. The van der Waals surface area contributed by atoms with Gasteiger partial charge in [-0.3, -0.25) is 9.59 Å². The zero-order chi connectivity index (χ0) is 22.4. The Morgan fingerprint density at radius 2 is 1.56 bits per heavy atom. The Labute approximate surface area is 187 Å². The van der Waals surface area contributed by atoms with Gasteiger partial charge in [0.2, 0.25) is 5.91 Å². The van der Waals surface area contributed by atoms with E-state index in [4.69, 9.17) is 0 Å². The highest BCUT2D eigenvalue weighted by Gasteiger charge is 2.43. The van der Waals surface area contributed by atoms with Crippen LogP contribution in [-0.2, 0) is 11.8 Å². The molecule has 2 heterocycles. The number of amides is 2. The normalized spacial score (nSPS) is 18.0. The number of anilines is 1. The Bertz CT molecular complexity index is 1350. The van der Waals surface area contributed by atoms with Gasteiger partial charge in [0.05, 0.1) is 12.0 Å². The lowest BCUT2D eigenvalue weighted by Crippen LogP contribution is -2.44. The van der Waals surface area contributed by atoms with E-state index in [9.17, 15) is 9.59 Å². The molecule has 0 aliphatic carbocycles. The van der Waals surface area contributed by atoms with Crippen LogP contribution >= 0.6 is 0 Å². The van der Waals surface area contributed by atoms with E-state index in [2.05, 4.69) is 22.0 Å². The van der Waals surface area contributed by atoms with Crippen molar-refractivity contribution in [2.45, 2.75) is 18.9 Å². The number of hydrogen-bond donors (Lipinski definition) is 1. The summed E-state index contributed by atoms with van der Waals surface area (Å²) in [6.07, 6.45) is 2.04. The quantitative estimate of drug-likeness (QED) is 0.502. The van der Waals surface area contributed by atoms with Crippen molar-refractivity contribution in [3.8, 4) is 0 Å². The molecule has 0 saturated carbocycles. The summed E-state index contributed by atoms with van der Waals surface area (Å²) in [6, 6.07) is 22.9. The minimum Gasteiger partial charge on any atom is -0.350 e. The Hall–Kier alpha value is -3.86. The highest BCUT2D eigenvalue weighted by molar-refractivity contribution is 6.05. The fourth-order valence-corrected chi connectivity index (χ4v) is 4.88. The third-order valence-electron chi connectivity index (χ3n) is 6.51. The molecule has 5 heteroatoms. The minimum absolute atomic E-state index is 0.0709. The molecule has 1 aliphatic rings. The molecule has 0 bridgehead atoms. The lowest BCUT2D eigenvalue weighted by Gasteiger charge is -2.39. The van der Waals surface area contributed by atoms with E-state index in [1.165, 1.54) is 0 Å². The molecule has 1 N–H and O–H groups in total. The number of likely N-dealkylation sites (N-methyl/N-ethyl adjacent to an activating group) is 1. The van der Waals surface area contributed by atoms with Gasteiger partial charge in [0, 0.05) is 48.0 Å². The predicted molar refractivity (Wildman–Crippen MR) is 127 cm³/mol. The minimum atomic E-state index is -0.542. The zero-order valence-corrected chi connectivity index (χ0v) is 18.4. The highest BCUT2D eigenvalue weighted by atomic mass is 16.2. The van der Waals surface area contributed by atoms with Crippen molar-refractivity contribution >= 4 is 28.4 Å². The fourth-order valence-electron chi connectivity index (χ4n) is 4.88. The summed E-state index contributed by atoms with van der Waals surface area (Å²) in [5.41, 5.74) is 5.16. The number of aromatic nitrogens is 1. The fraction of sp³-hybridized carbons (Fsp3) is 0.185. The standard InChI is InChI=1S/C27H25N3O2/c1-17-10-4-8-14-22(17)28-26(31)24-19-12-5-6-13-20(19)27(32)30(3)25(24)21-16-29(2)23-15-9-7-11-18(21)23/h4-16,24-25H,1-3H3,(H,28,31)/t24-,25-/m0/s1. The van der Waals surface area contributed by atoms with Crippen molar-refractivity contribution in [1.82, 2.24) is 9.47 Å². The van der Waals surface area contributed by atoms with E-state index in [1.54, 1.807) is 11.9 Å². The molecule has 5 rings (SSSR count). The molecule has 0 radical (unpaired) electrons. The van der Waals surface area contributed by atoms with Crippen LogP contribution in [0, 0.1) is 6.92 Å². The summed E-state index contributed by atoms with van der Waals surface area (Å²) < 4.78 is 2.06. The van der Waals surface area contributed by atoms with Crippen molar-refractivity contribution in [3.63, 3.8) is 0 Å². The molecule has 3 aromatic carbocycles. The Balaban J connectivity index is 1.69. The van der Waals surface area contributed by atoms with Crippen LogP contribution in [-0.4, -0.2) is 28.3 Å². The van der Waals surface area contributed by atoms with E-state index < -0.39 is 12.0 Å². The van der Waals surface area contributed by atoms with E-state index in [-0.39, 0.29) is 11.8 Å². The second-order valence-electron chi connectivity index (χ2n) is 8.44. The first-order valence-electron chi connectivity index (χ1n) is 10.7. The molecular weight excluding hydrogens is 398 g/mol. The topological polar surface area (TPSA) is 54.3 Å². The first-order chi connectivity index (χ1) is 15.5. The first-order valence-corrected chi connectivity index (χ1v) is 10.7. The summed E-state index contributed by atoms with van der Waals surface area (Å²) in [5.74, 6) is -0.734. The van der Waals surface area contributed by atoms with Gasteiger partial charge in [-0.1, -0.05) is 54.6 Å². The maximum atomic E-state index is 13.8. The number of nitrogens with one attached hydrogen (secondary N) is 1. The number of para-hydroxylation sites is 2. The molecular formula is C27H25N3O2. The van der Waals surface area contributed by atoms with Crippen LogP contribution in [0.15, 0.2) is 79.0 Å². The molecule has 2 atom stereocenters. The molecule has 1 aliphatic heterocycles. The predicted octanol–water partition coefficient (Wildman–Crippen LogP) is 5.04. The van der Waals surface area contributed by atoms with Gasteiger partial charge in [-0.25, -0.2) is 0 Å². The Kier molecular flexibility index (Phi) is 4.82. The summed E-state index contributed by atoms with van der Waals surface area (Å²) in [7, 11) is 3.78. The average molecular weight is 424 g/mol. The average Bonchev–Trinajstić information content (AvgIpc) is 3.14. The molecule has 2 amide bonds. The number of carbonyl (C=O) groups excluding carboxylic acids is 2. The molecule has 0 fully saturated rings. The second kappa shape index (κ2) is 7.68. The van der Waals surface area contributed by atoms with E-state index in [1.807, 2.05) is 80.8 Å². The van der Waals surface area contributed by atoms with Crippen molar-refractivity contribution in [2.24, 2.45) is 7.05 Å². The summed E-state index contributed by atoms with van der Waals surface area (Å²) in [5, 5.41) is 4.18.